The quantitative estimate of drug-likeness (QED) is 0.655. The van der Waals surface area contributed by atoms with E-state index in [-0.39, 0.29) is 11.4 Å². The Bertz CT molecular complexity index is 169. The fraction of sp³-hybridized carbons (Fsp3) is 0.909. The maximum atomic E-state index is 11.1. The van der Waals surface area contributed by atoms with Crippen LogP contribution in [0.25, 0.3) is 0 Å². The van der Waals surface area contributed by atoms with Gasteiger partial charge in [0.1, 0.15) is 0 Å². The van der Waals surface area contributed by atoms with Crippen molar-refractivity contribution >= 4 is 5.91 Å². The summed E-state index contributed by atoms with van der Waals surface area (Å²) in [6.45, 7) is 3.81. The lowest BCUT2D eigenvalue weighted by molar-refractivity contribution is -0.121. The Morgan fingerprint density at radius 3 is 2.15 bits per heavy atom. The van der Waals surface area contributed by atoms with Gasteiger partial charge in [-0.2, -0.15) is 0 Å². The fourth-order valence-electron chi connectivity index (χ4n) is 2.35. The Balaban J connectivity index is 2.58. The summed E-state index contributed by atoms with van der Waals surface area (Å²) in [5, 5.41) is 3.15. The standard InChI is InChI=1S/C11H21NO/c1-3-11(12-10(2)13)8-6-4-5-7-9-11/h3-9H2,1-2H3,(H,12,13). The van der Waals surface area contributed by atoms with Gasteiger partial charge in [0.2, 0.25) is 5.91 Å². The topological polar surface area (TPSA) is 29.1 Å². The molecule has 1 N–H and O–H groups in total. The minimum absolute atomic E-state index is 0.127. The highest BCUT2D eigenvalue weighted by Gasteiger charge is 2.29. The molecule has 0 atom stereocenters. The Morgan fingerprint density at radius 2 is 1.77 bits per heavy atom. The molecule has 2 heteroatoms. The van der Waals surface area contributed by atoms with Gasteiger partial charge in [-0.1, -0.05) is 32.6 Å². The van der Waals surface area contributed by atoms with Gasteiger partial charge in [0.05, 0.1) is 0 Å². The molecule has 76 valence electrons. The average molecular weight is 183 g/mol. The highest BCUT2D eigenvalue weighted by atomic mass is 16.1. The predicted octanol–water partition coefficient (Wildman–Crippen LogP) is 2.63. The van der Waals surface area contributed by atoms with Crippen molar-refractivity contribution in [2.75, 3.05) is 0 Å². The first-order valence-corrected chi connectivity index (χ1v) is 5.47. The van der Waals surface area contributed by atoms with Crippen LogP contribution in [0.1, 0.15) is 58.8 Å². The van der Waals surface area contributed by atoms with E-state index in [2.05, 4.69) is 12.2 Å². The minimum Gasteiger partial charge on any atom is -0.351 e. The molecule has 1 rings (SSSR count). The minimum atomic E-state index is 0.127. The zero-order valence-electron chi connectivity index (χ0n) is 8.86. The van der Waals surface area contributed by atoms with Crippen LogP contribution in [-0.4, -0.2) is 11.4 Å². The second-order valence-corrected chi connectivity index (χ2v) is 4.23. The van der Waals surface area contributed by atoms with Gasteiger partial charge in [-0.05, 0) is 19.3 Å². The van der Waals surface area contributed by atoms with Crippen LogP contribution in [0.15, 0.2) is 0 Å². The van der Waals surface area contributed by atoms with Crippen LogP contribution in [0, 0.1) is 0 Å². The first-order chi connectivity index (χ1) is 6.18. The van der Waals surface area contributed by atoms with Crippen molar-refractivity contribution in [2.24, 2.45) is 0 Å². The van der Waals surface area contributed by atoms with Gasteiger partial charge in [-0.3, -0.25) is 4.79 Å². The SMILES string of the molecule is CCC1(NC(C)=O)CCCCCC1. The Kier molecular flexibility index (Phi) is 3.76. The highest BCUT2D eigenvalue weighted by molar-refractivity contribution is 5.73. The van der Waals surface area contributed by atoms with E-state index in [1.54, 1.807) is 6.92 Å². The first kappa shape index (κ1) is 10.6. The van der Waals surface area contributed by atoms with Crippen molar-refractivity contribution in [3.63, 3.8) is 0 Å². The third-order valence-electron chi connectivity index (χ3n) is 3.18. The van der Waals surface area contributed by atoms with Gasteiger partial charge in [-0.25, -0.2) is 0 Å². The molecule has 0 unspecified atom stereocenters. The number of carbonyl (C=O) groups excluding carboxylic acids is 1. The molecule has 0 spiro atoms. The first-order valence-electron chi connectivity index (χ1n) is 5.47. The fourth-order valence-corrected chi connectivity index (χ4v) is 2.35. The number of rotatable bonds is 2. The van der Waals surface area contributed by atoms with E-state index in [0.29, 0.717) is 0 Å². The van der Waals surface area contributed by atoms with Crippen LogP contribution in [-0.2, 0) is 4.79 Å². The highest BCUT2D eigenvalue weighted by Crippen LogP contribution is 2.29. The van der Waals surface area contributed by atoms with Crippen LogP contribution >= 0.6 is 0 Å². The molecule has 1 fully saturated rings. The summed E-state index contributed by atoms with van der Waals surface area (Å²) in [7, 11) is 0. The van der Waals surface area contributed by atoms with E-state index in [4.69, 9.17) is 0 Å². The van der Waals surface area contributed by atoms with Gasteiger partial charge < -0.3 is 5.32 Å². The van der Waals surface area contributed by atoms with E-state index in [9.17, 15) is 4.79 Å². The average Bonchev–Trinajstić information content (AvgIpc) is 2.30. The lowest BCUT2D eigenvalue weighted by Crippen LogP contribution is -2.46. The monoisotopic (exact) mass is 183 g/mol. The molecule has 0 aromatic carbocycles. The van der Waals surface area contributed by atoms with Gasteiger partial charge in [0.15, 0.2) is 0 Å². The molecule has 0 aliphatic heterocycles. The molecule has 0 aromatic rings. The number of carbonyl (C=O) groups is 1. The second-order valence-electron chi connectivity index (χ2n) is 4.23. The van der Waals surface area contributed by atoms with Crippen molar-refractivity contribution in [1.29, 1.82) is 0 Å². The number of amides is 1. The van der Waals surface area contributed by atoms with Crippen LogP contribution in [0.2, 0.25) is 0 Å². The summed E-state index contributed by atoms with van der Waals surface area (Å²) in [6, 6.07) is 0. The normalized spacial score (nSPS) is 22.0. The van der Waals surface area contributed by atoms with E-state index >= 15 is 0 Å². The number of hydrogen-bond donors (Lipinski definition) is 1. The molecule has 0 radical (unpaired) electrons. The third-order valence-corrected chi connectivity index (χ3v) is 3.18. The summed E-state index contributed by atoms with van der Waals surface area (Å²) < 4.78 is 0. The molecular weight excluding hydrogens is 162 g/mol. The molecule has 1 amide bonds. The molecule has 1 aliphatic carbocycles. The van der Waals surface area contributed by atoms with Gasteiger partial charge in [-0.15, -0.1) is 0 Å². The second kappa shape index (κ2) is 4.64. The van der Waals surface area contributed by atoms with Crippen LogP contribution in [0.4, 0.5) is 0 Å². The predicted molar refractivity (Wildman–Crippen MR) is 54.5 cm³/mol. The van der Waals surface area contributed by atoms with Crippen molar-refractivity contribution in [3.05, 3.63) is 0 Å². The molecule has 1 saturated carbocycles. The molecule has 0 saturated heterocycles. The summed E-state index contributed by atoms with van der Waals surface area (Å²) in [4.78, 5) is 11.1. The van der Waals surface area contributed by atoms with Crippen LogP contribution in [0.5, 0.6) is 0 Å². The zero-order valence-corrected chi connectivity index (χ0v) is 8.86. The summed E-state index contributed by atoms with van der Waals surface area (Å²) >= 11 is 0. The summed E-state index contributed by atoms with van der Waals surface area (Å²) in [5.41, 5.74) is 0.127. The van der Waals surface area contributed by atoms with E-state index in [1.807, 2.05) is 0 Å². The number of hydrogen-bond acceptors (Lipinski definition) is 1. The Hall–Kier alpha value is -0.530. The van der Waals surface area contributed by atoms with E-state index < -0.39 is 0 Å². The van der Waals surface area contributed by atoms with Crippen molar-refractivity contribution < 1.29 is 4.79 Å². The molecular formula is C11H21NO. The van der Waals surface area contributed by atoms with Gasteiger partial charge in [0.25, 0.3) is 0 Å². The van der Waals surface area contributed by atoms with Crippen molar-refractivity contribution in [3.8, 4) is 0 Å². The molecule has 2 nitrogen and oxygen atoms in total. The van der Waals surface area contributed by atoms with Crippen LogP contribution in [0.3, 0.4) is 0 Å². The molecule has 0 heterocycles. The molecule has 0 aromatic heterocycles. The van der Waals surface area contributed by atoms with Crippen LogP contribution < -0.4 is 5.32 Å². The van der Waals surface area contributed by atoms with Crippen molar-refractivity contribution in [1.82, 2.24) is 5.32 Å². The Morgan fingerprint density at radius 1 is 1.23 bits per heavy atom. The lowest BCUT2D eigenvalue weighted by Gasteiger charge is -2.32. The van der Waals surface area contributed by atoms with E-state index in [0.717, 1.165) is 6.42 Å². The Labute approximate surface area is 81.1 Å². The van der Waals surface area contributed by atoms with Gasteiger partial charge >= 0.3 is 0 Å². The summed E-state index contributed by atoms with van der Waals surface area (Å²) in [6.07, 6.45) is 8.63. The van der Waals surface area contributed by atoms with Gasteiger partial charge in [0, 0.05) is 12.5 Å². The largest absolute Gasteiger partial charge is 0.351 e. The molecule has 1 aliphatic rings. The lowest BCUT2D eigenvalue weighted by atomic mass is 9.87. The van der Waals surface area contributed by atoms with Crippen molar-refractivity contribution in [2.45, 2.75) is 64.3 Å². The third kappa shape index (κ3) is 3.02. The molecule has 13 heavy (non-hydrogen) atoms. The summed E-state index contributed by atoms with van der Waals surface area (Å²) in [5.74, 6) is 0.128. The smallest absolute Gasteiger partial charge is 0.217 e. The zero-order chi connectivity index (χ0) is 9.73. The number of nitrogens with one attached hydrogen (secondary N) is 1. The molecule has 0 bridgehead atoms. The van der Waals surface area contributed by atoms with E-state index in [1.165, 1.54) is 38.5 Å². The maximum Gasteiger partial charge on any atom is 0.217 e. The maximum absolute atomic E-state index is 11.1.